The molecule has 0 aromatic heterocycles. The lowest BCUT2D eigenvalue weighted by atomic mass is 10.3. The van der Waals surface area contributed by atoms with Crippen LogP contribution in [0.1, 0.15) is 0 Å². The molecule has 5 heteroatoms. The molecule has 0 saturated heterocycles. The molecule has 0 bridgehead atoms. The molecule has 1 aromatic rings. The van der Waals surface area contributed by atoms with Crippen molar-refractivity contribution in [1.29, 1.82) is 5.26 Å². The normalized spacial score (nSPS) is 11.4. The second-order valence-corrected chi connectivity index (χ2v) is 3.27. The largest absolute Gasteiger partial charge is 0.493 e. The molecule has 0 aliphatic carbocycles. The number of ether oxygens (including phenoxy) is 3. The van der Waals surface area contributed by atoms with Gasteiger partial charge < -0.3 is 19.5 Å². The van der Waals surface area contributed by atoms with Crippen molar-refractivity contribution in [3.8, 4) is 23.3 Å². The Labute approximate surface area is 101 Å². The van der Waals surface area contributed by atoms with E-state index in [-0.39, 0.29) is 12.6 Å². The monoisotopic (exact) mass is 236 g/mol. The summed E-state index contributed by atoms with van der Waals surface area (Å²) >= 11 is 0. The molecule has 17 heavy (non-hydrogen) atoms. The average Bonchev–Trinajstić information content (AvgIpc) is 2.39. The second kappa shape index (κ2) is 6.61. The molecule has 1 unspecified atom stereocenters. The first-order valence-electron chi connectivity index (χ1n) is 5.17. The lowest BCUT2D eigenvalue weighted by Crippen LogP contribution is -2.30. The number of rotatable bonds is 6. The molecule has 1 aromatic carbocycles. The Hall–Kier alpha value is -1.93. The number of benzene rings is 1. The minimum atomic E-state index is -0.371. The SMILES string of the molecule is CNC(C#N)COc1c(OC)cccc1OC. The number of nitrogens with one attached hydrogen (secondary N) is 1. The number of hydrogen-bond donors (Lipinski definition) is 1. The maximum atomic E-state index is 8.80. The van der Waals surface area contributed by atoms with E-state index in [2.05, 4.69) is 11.4 Å². The highest BCUT2D eigenvalue weighted by Crippen LogP contribution is 2.36. The van der Waals surface area contributed by atoms with E-state index in [9.17, 15) is 0 Å². The van der Waals surface area contributed by atoms with Crippen LogP contribution in [0.5, 0.6) is 17.2 Å². The molecule has 0 radical (unpaired) electrons. The number of hydrogen-bond acceptors (Lipinski definition) is 5. The summed E-state index contributed by atoms with van der Waals surface area (Å²) in [5, 5.41) is 11.6. The Morgan fingerprint density at radius 1 is 1.29 bits per heavy atom. The molecule has 5 nitrogen and oxygen atoms in total. The van der Waals surface area contributed by atoms with Gasteiger partial charge in [0.2, 0.25) is 5.75 Å². The number of nitrogens with zero attached hydrogens (tertiary/aromatic N) is 1. The van der Waals surface area contributed by atoms with Gasteiger partial charge >= 0.3 is 0 Å². The first-order chi connectivity index (χ1) is 8.26. The molecule has 0 heterocycles. The smallest absolute Gasteiger partial charge is 0.203 e. The summed E-state index contributed by atoms with van der Waals surface area (Å²) in [4.78, 5) is 0. The molecular formula is C12H16N2O3. The van der Waals surface area contributed by atoms with E-state index in [0.29, 0.717) is 17.2 Å². The molecule has 0 aliphatic heterocycles. The van der Waals surface area contributed by atoms with Crippen LogP contribution in [0.15, 0.2) is 18.2 Å². The van der Waals surface area contributed by atoms with Crippen LogP contribution in [-0.4, -0.2) is 33.9 Å². The molecule has 0 spiro atoms. The Bertz CT molecular complexity index is 379. The Morgan fingerprint density at radius 3 is 2.29 bits per heavy atom. The van der Waals surface area contributed by atoms with Gasteiger partial charge in [0, 0.05) is 0 Å². The Morgan fingerprint density at radius 2 is 1.88 bits per heavy atom. The molecular weight excluding hydrogens is 220 g/mol. The zero-order chi connectivity index (χ0) is 12.7. The van der Waals surface area contributed by atoms with Crippen LogP contribution >= 0.6 is 0 Å². The van der Waals surface area contributed by atoms with E-state index in [1.54, 1.807) is 33.4 Å². The quantitative estimate of drug-likeness (QED) is 0.804. The van der Waals surface area contributed by atoms with Gasteiger partial charge in [0.1, 0.15) is 12.6 Å². The lowest BCUT2D eigenvalue weighted by Gasteiger charge is -2.15. The average molecular weight is 236 g/mol. The summed E-state index contributed by atoms with van der Waals surface area (Å²) < 4.78 is 15.9. The topological polar surface area (TPSA) is 63.5 Å². The van der Waals surface area contributed by atoms with E-state index < -0.39 is 0 Å². The van der Waals surface area contributed by atoms with Crippen molar-refractivity contribution in [3.63, 3.8) is 0 Å². The summed E-state index contributed by atoms with van der Waals surface area (Å²) in [5.41, 5.74) is 0. The highest BCUT2D eigenvalue weighted by atomic mass is 16.5. The van der Waals surface area contributed by atoms with Crippen LogP contribution in [0.4, 0.5) is 0 Å². The first kappa shape index (κ1) is 13.1. The third-order valence-corrected chi connectivity index (χ3v) is 2.28. The van der Waals surface area contributed by atoms with Gasteiger partial charge in [0.05, 0.1) is 20.3 Å². The van der Waals surface area contributed by atoms with E-state index in [0.717, 1.165) is 0 Å². The molecule has 1 atom stereocenters. The minimum Gasteiger partial charge on any atom is -0.493 e. The van der Waals surface area contributed by atoms with Crippen LogP contribution in [0.25, 0.3) is 0 Å². The number of nitriles is 1. The number of para-hydroxylation sites is 1. The second-order valence-electron chi connectivity index (χ2n) is 3.27. The van der Waals surface area contributed by atoms with Crippen molar-refractivity contribution in [2.75, 3.05) is 27.9 Å². The number of methoxy groups -OCH3 is 2. The standard InChI is InChI=1S/C12H16N2O3/c1-14-9(7-13)8-17-12-10(15-2)5-4-6-11(12)16-3/h4-6,9,14H,8H2,1-3H3. The Kier molecular flexibility index (Phi) is 5.11. The van der Waals surface area contributed by atoms with Crippen molar-refractivity contribution < 1.29 is 14.2 Å². The van der Waals surface area contributed by atoms with E-state index in [1.165, 1.54) is 0 Å². The highest BCUT2D eigenvalue weighted by Gasteiger charge is 2.13. The molecule has 1 N–H and O–H groups in total. The van der Waals surface area contributed by atoms with Crippen LogP contribution in [0.2, 0.25) is 0 Å². The maximum absolute atomic E-state index is 8.80. The van der Waals surface area contributed by atoms with Crippen molar-refractivity contribution in [2.45, 2.75) is 6.04 Å². The lowest BCUT2D eigenvalue weighted by molar-refractivity contribution is 0.261. The summed E-state index contributed by atoms with van der Waals surface area (Å²) in [7, 11) is 4.82. The van der Waals surface area contributed by atoms with Crippen molar-refractivity contribution >= 4 is 0 Å². The predicted octanol–water partition coefficient (Wildman–Crippen LogP) is 1.19. The molecule has 1 rings (SSSR count). The molecule has 0 fully saturated rings. The third-order valence-electron chi connectivity index (χ3n) is 2.28. The fourth-order valence-corrected chi connectivity index (χ4v) is 1.31. The first-order valence-corrected chi connectivity index (χ1v) is 5.17. The summed E-state index contributed by atoms with van der Waals surface area (Å²) in [6.45, 7) is 0.226. The number of likely N-dealkylation sites (N-methyl/N-ethyl adjacent to an activating group) is 1. The maximum Gasteiger partial charge on any atom is 0.203 e. The predicted molar refractivity (Wildman–Crippen MR) is 63.5 cm³/mol. The van der Waals surface area contributed by atoms with E-state index >= 15 is 0 Å². The molecule has 92 valence electrons. The van der Waals surface area contributed by atoms with Gasteiger partial charge in [0.15, 0.2) is 11.5 Å². The zero-order valence-corrected chi connectivity index (χ0v) is 10.2. The van der Waals surface area contributed by atoms with Gasteiger partial charge in [0.25, 0.3) is 0 Å². The summed E-state index contributed by atoms with van der Waals surface area (Å²) in [5.74, 6) is 1.67. The Balaban J connectivity index is 2.85. The van der Waals surface area contributed by atoms with Crippen LogP contribution in [0, 0.1) is 11.3 Å². The van der Waals surface area contributed by atoms with Crippen molar-refractivity contribution in [1.82, 2.24) is 5.32 Å². The van der Waals surface area contributed by atoms with E-state index in [1.807, 2.05) is 6.07 Å². The molecule has 0 saturated carbocycles. The summed E-state index contributed by atoms with van der Waals surface area (Å²) in [6, 6.07) is 7.07. The van der Waals surface area contributed by atoms with Gasteiger partial charge in [-0.15, -0.1) is 0 Å². The van der Waals surface area contributed by atoms with Gasteiger partial charge in [-0.2, -0.15) is 5.26 Å². The van der Waals surface area contributed by atoms with Gasteiger partial charge in [-0.1, -0.05) is 6.07 Å². The van der Waals surface area contributed by atoms with Crippen molar-refractivity contribution in [2.24, 2.45) is 0 Å². The van der Waals surface area contributed by atoms with Gasteiger partial charge in [-0.3, -0.25) is 0 Å². The molecule has 0 amide bonds. The van der Waals surface area contributed by atoms with Crippen LogP contribution in [-0.2, 0) is 0 Å². The van der Waals surface area contributed by atoms with Crippen molar-refractivity contribution in [3.05, 3.63) is 18.2 Å². The van der Waals surface area contributed by atoms with Crippen LogP contribution in [0.3, 0.4) is 0 Å². The zero-order valence-electron chi connectivity index (χ0n) is 10.2. The highest BCUT2D eigenvalue weighted by molar-refractivity contribution is 5.51. The van der Waals surface area contributed by atoms with Gasteiger partial charge in [-0.05, 0) is 19.2 Å². The van der Waals surface area contributed by atoms with Gasteiger partial charge in [-0.25, -0.2) is 0 Å². The minimum absolute atomic E-state index is 0.226. The fourth-order valence-electron chi connectivity index (χ4n) is 1.31. The van der Waals surface area contributed by atoms with Crippen LogP contribution < -0.4 is 19.5 Å². The third kappa shape index (κ3) is 3.26. The fraction of sp³-hybridized carbons (Fsp3) is 0.417. The van der Waals surface area contributed by atoms with E-state index in [4.69, 9.17) is 19.5 Å². The summed E-state index contributed by atoms with van der Waals surface area (Å²) in [6.07, 6.45) is 0. The molecule has 0 aliphatic rings.